The Morgan fingerprint density at radius 2 is 1.80 bits per heavy atom. The lowest BCUT2D eigenvalue weighted by molar-refractivity contribution is -0.119. The molecule has 0 fully saturated rings. The number of nitrogens with one attached hydrogen (secondary N) is 4. The van der Waals surface area contributed by atoms with Gasteiger partial charge in [-0.25, -0.2) is 8.70 Å². The van der Waals surface area contributed by atoms with Gasteiger partial charge in [0, 0.05) is 28.8 Å². The number of anilines is 2. The minimum Gasteiger partial charge on any atom is -0.386 e. The van der Waals surface area contributed by atoms with Crippen LogP contribution in [0.5, 0.6) is 0 Å². The molecular weight excluding hydrogens is 662 g/mol. The molecule has 1 aliphatic rings. The van der Waals surface area contributed by atoms with Crippen molar-refractivity contribution in [1.82, 2.24) is 14.9 Å². The highest BCUT2D eigenvalue weighted by atomic mass is 32.2. The molecule has 0 atom stereocenters. The molecule has 0 aromatic heterocycles. The second-order valence-electron chi connectivity index (χ2n) is 10.4. The lowest BCUT2D eigenvalue weighted by atomic mass is 10.0. The highest BCUT2D eigenvalue weighted by Gasteiger charge is 2.15. The van der Waals surface area contributed by atoms with Gasteiger partial charge < -0.3 is 26.1 Å². The maximum absolute atomic E-state index is 14.2. The van der Waals surface area contributed by atoms with Crippen molar-refractivity contribution < 1.29 is 23.6 Å². The lowest BCUT2D eigenvalue weighted by Gasteiger charge is -2.20. The normalized spacial score (nSPS) is 12.2. The molecule has 9 nitrogen and oxygen atoms in total. The van der Waals surface area contributed by atoms with Crippen molar-refractivity contribution in [2.75, 3.05) is 51.9 Å². The molecule has 2 aromatic carbocycles. The summed E-state index contributed by atoms with van der Waals surface area (Å²) in [6.07, 6.45) is 15.9. The van der Waals surface area contributed by atoms with E-state index in [0.717, 1.165) is 29.7 Å². The minimum atomic E-state index is -0.393. The molecule has 0 spiro atoms. The van der Waals surface area contributed by atoms with Crippen molar-refractivity contribution in [3.05, 3.63) is 93.5 Å². The monoisotopic (exact) mass is 707 g/mol. The van der Waals surface area contributed by atoms with E-state index < -0.39 is 5.82 Å². The molecular formula is C37H46FN5O4S2. The fraction of sp³-hybridized carbons (Fsp3) is 0.297. The van der Waals surface area contributed by atoms with Gasteiger partial charge in [0.15, 0.2) is 0 Å². The molecule has 0 saturated carbocycles. The third-order valence-electron chi connectivity index (χ3n) is 6.48. The van der Waals surface area contributed by atoms with Crippen molar-refractivity contribution in [3.8, 4) is 23.5 Å². The third kappa shape index (κ3) is 15.1. The molecule has 4 N–H and O–H groups in total. The zero-order valence-electron chi connectivity index (χ0n) is 28.7. The summed E-state index contributed by atoms with van der Waals surface area (Å²) in [6.45, 7) is 5.93. The van der Waals surface area contributed by atoms with Crippen LogP contribution in [-0.4, -0.2) is 70.0 Å². The van der Waals surface area contributed by atoms with Crippen LogP contribution in [0.4, 0.5) is 15.8 Å². The van der Waals surface area contributed by atoms with Gasteiger partial charge in [0.05, 0.1) is 23.7 Å². The standard InChI is InChI=1S/C25H26FN3O2S.C10H13NO2S.C2H7N/c1-4-18-7-5-6-8-24(18)32-29(3)15-25(31)28-21-12-17(16-30)11-20(13-21)19-9-10-23(27-2)22(26)14-19;1-3-5-8(9(14)4-2)10(13)11-6-7-12;1-3-2/h4,7-14,16,27H,1,5-6,15H2,2-3H3,(H,28,31);2,7,14H,3,5-6H2,1H3,(H,11,13);3H,1-2H3/b;9-8-;. The minimum absolute atomic E-state index is 0.00230. The number of likely N-dealkylation sites (N-methyl/N-ethyl adjacent to an activating group) is 1. The van der Waals surface area contributed by atoms with Crippen molar-refractivity contribution in [2.45, 2.75) is 32.6 Å². The average Bonchev–Trinajstić information content (AvgIpc) is 3.09. The molecule has 0 bridgehead atoms. The quantitative estimate of drug-likeness (QED) is 0.0503. The van der Waals surface area contributed by atoms with Gasteiger partial charge in [-0.1, -0.05) is 50.1 Å². The predicted octanol–water partition coefficient (Wildman–Crippen LogP) is 6.41. The zero-order valence-corrected chi connectivity index (χ0v) is 30.4. The van der Waals surface area contributed by atoms with Gasteiger partial charge in [0.2, 0.25) is 11.8 Å². The number of halogens is 1. The first-order valence-corrected chi connectivity index (χ1v) is 16.7. The van der Waals surface area contributed by atoms with E-state index in [4.69, 9.17) is 6.42 Å². The predicted molar refractivity (Wildman–Crippen MR) is 205 cm³/mol. The first-order chi connectivity index (χ1) is 23.5. The molecule has 0 radical (unpaired) electrons. The molecule has 49 heavy (non-hydrogen) atoms. The summed E-state index contributed by atoms with van der Waals surface area (Å²) in [4.78, 5) is 46.9. The number of nitrogens with zero attached hydrogens (tertiary/aromatic N) is 1. The van der Waals surface area contributed by atoms with E-state index in [2.05, 4.69) is 58.5 Å². The van der Waals surface area contributed by atoms with E-state index in [1.54, 1.807) is 37.4 Å². The third-order valence-corrected chi connectivity index (χ3v) is 7.91. The van der Waals surface area contributed by atoms with Crippen LogP contribution in [-0.2, 0) is 14.4 Å². The van der Waals surface area contributed by atoms with Gasteiger partial charge in [-0.3, -0.25) is 14.4 Å². The zero-order chi connectivity index (χ0) is 36.8. The fourth-order valence-corrected chi connectivity index (χ4v) is 5.52. The fourth-order valence-electron chi connectivity index (χ4n) is 4.32. The first-order valence-electron chi connectivity index (χ1n) is 15.5. The van der Waals surface area contributed by atoms with Gasteiger partial charge in [0.25, 0.3) is 0 Å². The van der Waals surface area contributed by atoms with E-state index in [0.29, 0.717) is 57.5 Å². The Morgan fingerprint density at radius 1 is 1.10 bits per heavy atom. The summed E-state index contributed by atoms with van der Waals surface area (Å²) >= 11 is 5.51. The summed E-state index contributed by atoms with van der Waals surface area (Å²) in [7, 11) is 7.24. The van der Waals surface area contributed by atoms with E-state index in [9.17, 15) is 23.6 Å². The van der Waals surface area contributed by atoms with Crippen molar-refractivity contribution in [3.63, 3.8) is 0 Å². The largest absolute Gasteiger partial charge is 0.386 e. The molecule has 2 amide bonds. The number of hydrogen-bond donors (Lipinski definition) is 5. The van der Waals surface area contributed by atoms with Gasteiger partial charge in [-0.05, 0) is 99.4 Å². The number of benzene rings is 2. The van der Waals surface area contributed by atoms with Gasteiger partial charge in [-0.15, -0.1) is 19.1 Å². The molecule has 0 aliphatic heterocycles. The van der Waals surface area contributed by atoms with Crippen molar-refractivity contribution >= 4 is 60.3 Å². The Labute approximate surface area is 299 Å². The number of aldehydes is 2. The second-order valence-corrected chi connectivity index (χ2v) is 12.1. The number of hydrogen-bond acceptors (Lipinski definition) is 9. The van der Waals surface area contributed by atoms with E-state index >= 15 is 0 Å². The Bertz CT molecular complexity index is 1600. The van der Waals surface area contributed by atoms with Crippen LogP contribution in [0.25, 0.3) is 11.1 Å². The van der Waals surface area contributed by atoms with Gasteiger partial charge >= 0.3 is 0 Å². The van der Waals surface area contributed by atoms with Crippen LogP contribution in [0.15, 0.2) is 82.2 Å². The number of rotatable bonds is 14. The topological polar surface area (TPSA) is 120 Å². The van der Waals surface area contributed by atoms with Crippen molar-refractivity contribution in [1.29, 1.82) is 0 Å². The Morgan fingerprint density at radius 3 is 2.37 bits per heavy atom. The molecule has 3 rings (SSSR count). The number of carbonyl (C=O) groups excluding carboxylic acids is 4. The van der Waals surface area contributed by atoms with E-state index in [1.807, 2.05) is 38.4 Å². The maximum Gasteiger partial charge on any atom is 0.249 e. The second kappa shape index (κ2) is 23.8. The van der Waals surface area contributed by atoms with E-state index in [-0.39, 0.29) is 24.9 Å². The molecule has 2 aromatic rings. The number of allylic oxidation sites excluding steroid dienone is 5. The van der Waals surface area contributed by atoms with Crippen LogP contribution in [0, 0.1) is 18.2 Å². The van der Waals surface area contributed by atoms with Crippen LogP contribution in [0.3, 0.4) is 0 Å². The van der Waals surface area contributed by atoms with Gasteiger partial charge in [-0.2, -0.15) is 0 Å². The van der Waals surface area contributed by atoms with Crippen LogP contribution < -0.4 is 21.3 Å². The highest BCUT2D eigenvalue weighted by molar-refractivity contribution is 8.01. The van der Waals surface area contributed by atoms with Crippen molar-refractivity contribution in [2.24, 2.45) is 0 Å². The smallest absolute Gasteiger partial charge is 0.249 e. The Balaban J connectivity index is 0.000000592. The highest BCUT2D eigenvalue weighted by Crippen LogP contribution is 2.31. The molecule has 262 valence electrons. The Kier molecular flexibility index (Phi) is 20.7. The van der Waals surface area contributed by atoms with Crippen LogP contribution in [0.2, 0.25) is 0 Å². The average molecular weight is 708 g/mol. The molecule has 0 heterocycles. The number of thiol groups is 1. The number of carbonyl (C=O) groups is 4. The summed E-state index contributed by atoms with van der Waals surface area (Å²) in [5.41, 5.74) is 4.05. The molecule has 0 unspecified atom stereocenters. The lowest BCUT2D eigenvalue weighted by Crippen LogP contribution is -2.27. The number of terminal acetylenes is 1. The molecule has 1 aliphatic carbocycles. The van der Waals surface area contributed by atoms with Gasteiger partial charge in [0.1, 0.15) is 18.4 Å². The Hall–Kier alpha value is -4.41. The van der Waals surface area contributed by atoms with Crippen LogP contribution in [0.1, 0.15) is 43.0 Å². The molecule has 0 saturated heterocycles. The maximum atomic E-state index is 14.2. The summed E-state index contributed by atoms with van der Waals surface area (Å²) in [5, 5.41) is 10.8. The SMILES string of the molecule is C#C/C(S)=C(\CCC)C(=O)NCC=O.C=CC1=CCCC=C1SN(C)CC(=O)Nc1cc(C=O)cc(-c2ccc(NC)c(F)c2)c1.CNC. The molecule has 12 heteroatoms. The van der Waals surface area contributed by atoms with Crippen LogP contribution >= 0.6 is 24.6 Å². The summed E-state index contributed by atoms with van der Waals surface area (Å²) < 4.78 is 16.0. The summed E-state index contributed by atoms with van der Waals surface area (Å²) in [6, 6.07) is 9.79. The first kappa shape index (κ1) is 42.6. The van der Waals surface area contributed by atoms with E-state index in [1.165, 1.54) is 18.0 Å². The summed E-state index contributed by atoms with van der Waals surface area (Å²) in [5.74, 6) is 1.37. The number of amides is 2.